The molecular formula is C15H19BrN4. The normalized spacial score (nSPS) is 10.6. The van der Waals surface area contributed by atoms with Crippen LogP contribution >= 0.6 is 15.9 Å². The van der Waals surface area contributed by atoms with Crippen molar-refractivity contribution < 1.29 is 0 Å². The number of rotatable bonds is 6. The number of hydrogen-bond acceptors (Lipinski definition) is 4. The zero-order valence-electron chi connectivity index (χ0n) is 11.8. The Morgan fingerprint density at radius 1 is 1.10 bits per heavy atom. The van der Waals surface area contributed by atoms with Crippen LogP contribution in [0.1, 0.15) is 6.42 Å². The molecule has 106 valence electrons. The van der Waals surface area contributed by atoms with Crippen molar-refractivity contribution in [3.63, 3.8) is 0 Å². The fraction of sp³-hybridized carbons (Fsp3) is 0.333. The number of halogens is 1. The number of aromatic nitrogens is 2. The van der Waals surface area contributed by atoms with E-state index in [1.54, 1.807) is 0 Å². The molecule has 1 aromatic carbocycles. The van der Waals surface area contributed by atoms with Gasteiger partial charge in [0.15, 0.2) is 0 Å². The molecule has 0 amide bonds. The van der Waals surface area contributed by atoms with Crippen LogP contribution in [0.2, 0.25) is 0 Å². The van der Waals surface area contributed by atoms with Crippen LogP contribution in [0.4, 0.5) is 5.95 Å². The summed E-state index contributed by atoms with van der Waals surface area (Å²) in [5.41, 5.74) is 2.16. The van der Waals surface area contributed by atoms with Gasteiger partial charge in [0.1, 0.15) is 0 Å². The molecule has 0 radical (unpaired) electrons. The highest BCUT2D eigenvalue weighted by atomic mass is 79.9. The maximum atomic E-state index is 4.44. The molecule has 0 saturated heterocycles. The van der Waals surface area contributed by atoms with E-state index in [2.05, 4.69) is 48.2 Å². The van der Waals surface area contributed by atoms with Gasteiger partial charge in [-0.25, -0.2) is 9.97 Å². The predicted octanol–water partition coefficient (Wildman–Crippen LogP) is 2.95. The fourth-order valence-electron chi connectivity index (χ4n) is 1.90. The molecular weight excluding hydrogens is 316 g/mol. The first kappa shape index (κ1) is 14.9. The number of anilines is 1. The van der Waals surface area contributed by atoms with Crippen LogP contribution in [0, 0.1) is 0 Å². The summed E-state index contributed by atoms with van der Waals surface area (Å²) in [7, 11) is 3.98. The molecule has 4 nitrogen and oxygen atoms in total. The lowest BCUT2D eigenvalue weighted by atomic mass is 10.1. The first-order valence-electron chi connectivity index (χ1n) is 6.64. The van der Waals surface area contributed by atoms with Crippen molar-refractivity contribution in [2.45, 2.75) is 6.42 Å². The molecule has 0 aliphatic heterocycles. The largest absolute Gasteiger partial charge is 0.344 e. The molecule has 0 bridgehead atoms. The SMILES string of the molecule is CNCCCN(C)c1ncc(-c2ccc(Br)cc2)cn1. The third-order valence-corrected chi connectivity index (χ3v) is 3.61. The smallest absolute Gasteiger partial charge is 0.225 e. The van der Waals surface area contributed by atoms with E-state index in [1.165, 1.54) is 0 Å². The van der Waals surface area contributed by atoms with Crippen molar-refractivity contribution >= 4 is 21.9 Å². The number of nitrogens with one attached hydrogen (secondary N) is 1. The van der Waals surface area contributed by atoms with Crippen molar-refractivity contribution in [1.82, 2.24) is 15.3 Å². The highest BCUT2D eigenvalue weighted by Gasteiger charge is 2.05. The van der Waals surface area contributed by atoms with Gasteiger partial charge in [0, 0.05) is 36.0 Å². The Labute approximate surface area is 128 Å². The quantitative estimate of drug-likeness (QED) is 0.824. The molecule has 0 spiro atoms. The van der Waals surface area contributed by atoms with Crippen LogP contribution in [0.5, 0.6) is 0 Å². The summed E-state index contributed by atoms with van der Waals surface area (Å²) in [6, 6.07) is 8.15. The van der Waals surface area contributed by atoms with E-state index in [0.29, 0.717) is 0 Å². The van der Waals surface area contributed by atoms with Gasteiger partial charge >= 0.3 is 0 Å². The Hall–Kier alpha value is -1.46. The minimum Gasteiger partial charge on any atom is -0.344 e. The third kappa shape index (κ3) is 4.02. The second kappa shape index (κ2) is 7.36. The first-order valence-corrected chi connectivity index (χ1v) is 7.43. The first-order chi connectivity index (χ1) is 9.70. The van der Waals surface area contributed by atoms with E-state index < -0.39 is 0 Å². The average molecular weight is 335 g/mol. The summed E-state index contributed by atoms with van der Waals surface area (Å²) in [5, 5.41) is 3.14. The molecule has 1 aromatic heterocycles. The van der Waals surface area contributed by atoms with Gasteiger partial charge in [-0.3, -0.25) is 0 Å². The van der Waals surface area contributed by atoms with Crippen molar-refractivity contribution in [3.8, 4) is 11.1 Å². The highest BCUT2D eigenvalue weighted by molar-refractivity contribution is 9.10. The van der Waals surface area contributed by atoms with E-state index in [4.69, 9.17) is 0 Å². The molecule has 2 rings (SSSR count). The summed E-state index contributed by atoms with van der Waals surface area (Å²) in [6.45, 7) is 1.94. The van der Waals surface area contributed by atoms with Crippen LogP contribution in [0.3, 0.4) is 0 Å². The van der Waals surface area contributed by atoms with Crippen LogP contribution in [0.25, 0.3) is 11.1 Å². The van der Waals surface area contributed by atoms with Gasteiger partial charge in [-0.2, -0.15) is 0 Å². The fourth-order valence-corrected chi connectivity index (χ4v) is 2.17. The van der Waals surface area contributed by atoms with Crippen LogP contribution in [-0.2, 0) is 0 Å². The second-order valence-electron chi connectivity index (χ2n) is 4.66. The number of nitrogens with zero attached hydrogens (tertiary/aromatic N) is 3. The lowest BCUT2D eigenvalue weighted by molar-refractivity contribution is 0.704. The summed E-state index contributed by atoms with van der Waals surface area (Å²) in [4.78, 5) is 10.9. The Kier molecular flexibility index (Phi) is 5.49. The van der Waals surface area contributed by atoms with E-state index >= 15 is 0 Å². The van der Waals surface area contributed by atoms with E-state index in [1.807, 2.05) is 38.6 Å². The lowest BCUT2D eigenvalue weighted by Gasteiger charge is -2.16. The Balaban J connectivity index is 2.04. The maximum absolute atomic E-state index is 4.44. The van der Waals surface area contributed by atoms with Gasteiger partial charge in [-0.1, -0.05) is 28.1 Å². The zero-order valence-corrected chi connectivity index (χ0v) is 13.4. The third-order valence-electron chi connectivity index (χ3n) is 3.08. The average Bonchev–Trinajstić information content (AvgIpc) is 2.48. The molecule has 0 fully saturated rings. The summed E-state index contributed by atoms with van der Waals surface area (Å²) in [5.74, 6) is 0.766. The van der Waals surface area contributed by atoms with Gasteiger partial charge in [-0.05, 0) is 37.7 Å². The van der Waals surface area contributed by atoms with E-state index in [9.17, 15) is 0 Å². The van der Waals surface area contributed by atoms with Gasteiger partial charge in [0.2, 0.25) is 5.95 Å². The van der Waals surface area contributed by atoms with Crippen LogP contribution in [0.15, 0.2) is 41.1 Å². The van der Waals surface area contributed by atoms with Crippen molar-refractivity contribution in [2.75, 3.05) is 32.1 Å². The maximum Gasteiger partial charge on any atom is 0.225 e. The monoisotopic (exact) mass is 334 g/mol. The topological polar surface area (TPSA) is 41.0 Å². The van der Waals surface area contributed by atoms with Gasteiger partial charge in [0.25, 0.3) is 0 Å². The van der Waals surface area contributed by atoms with Crippen molar-refractivity contribution in [1.29, 1.82) is 0 Å². The van der Waals surface area contributed by atoms with Crippen LogP contribution < -0.4 is 10.2 Å². The molecule has 0 atom stereocenters. The van der Waals surface area contributed by atoms with Crippen LogP contribution in [-0.4, -0.2) is 37.2 Å². The lowest BCUT2D eigenvalue weighted by Crippen LogP contribution is -2.23. The summed E-state index contributed by atoms with van der Waals surface area (Å²) < 4.78 is 1.07. The van der Waals surface area contributed by atoms with Gasteiger partial charge < -0.3 is 10.2 Å². The van der Waals surface area contributed by atoms with E-state index in [0.717, 1.165) is 41.1 Å². The second-order valence-corrected chi connectivity index (χ2v) is 5.57. The van der Waals surface area contributed by atoms with E-state index in [-0.39, 0.29) is 0 Å². The molecule has 0 aliphatic carbocycles. The zero-order chi connectivity index (χ0) is 14.4. The van der Waals surface area contributed by atoms with Gasteiger partial charge in [-0.15, -0.1) is 0 Å². The highest BCUT2D eigenvalue weighted by Crippen LogP contribution is 2.21. The number of benzene rings is 1. The molecule has 0 unspecified atom stereocenters. The van der Waals surface area contributed by atoms with Crippen molar-refractivity contribution in [3.05, 3.63) is 41.1 Å². The predicted molar refractivity (Wildman–Crippen MR) is 87.0 cm³/mol. The Morgan fingerprint density at radius 2 is 1.75 bits per heavy atom. The Bertz CT molecular complexity index is 525. The van der Waals surface area contributed by atoms with Gasteiger partial charge in [0.05, 0.1) is 0 Å². The molecule has 1 heterocycles. The molecule has 20 heavy (non-hydrogen) atoms. The molecule has 5 heteroatoms. The minimum absolute atomic E-state index is 0.766. The van der Waals surface area contributed by atoms with Crippen molar-refractivity contribution in [2.24, 2.45) is 0 Å². The molecule has 2 aromatic rings. The number of hydrogen-bond donors (Lipinski definition) is 1. The standard InChI is InChI=1S/C15H19BrN4/c1-17-8-3-9-20(2)15-18-10-13(11-19-15)12-4-6-14(16)7-5-12/h4-7,10-11,17H,3,8-9H2,1-2H3. The summed E-state index contributed by atoms with van der Waals surface area (Å²) >= 11 is 3.44. The Morgan fingerprint density at radius 3 is 2.35 bits per heavy atom. The summed E-state index contributed by atoms with van der Waals surface area (Å²) in [6.07, 6.45) is 4.82. The molecule has 0 saturated carbocycles. The molecule has 1 N–H and O–H groups in total. The minimum atomic E-state index is 0.766. The molecule has 0 aliphatic rings.